The summed E-state index contributed by atoms with van der Waals surface area (Å²) < 4.78 is 17.8. The Kier molecular flexibility index (Phi) is 10.1. The van der Waals surface area contributed by atoms with Crippen molar-refractivity contribution in [3.8, 4) is 11.5 Å². The molecule has 50 heavy (non-hydrogen) atoms. The van der Waals surface area contributed by atoms with Crippen LogP contribution in [0.4, 0.5) is 11.4 Å². The van der Waals surface area contributed by atoms with Gasteiger partial charge in [0.25, 0.3) is 5.91 Å². The van der Waals surface area contributed by atoms with E-state index in [4.69, 9.17) is 25.8 Å². The smallest absolute Gasteiger partial charge is 0.251 e. The Labute approximate surface area is 296 Å². The van der Waals surface area contributed by atoms with E-state index in [0.717, 1.165) is 37.1 Å². The number of nitrogens with one attached hydrogen (secondary N) is 2. The highest BCUT2D eigenvalue weighted by atomic mass is 35.5. The van der Waals surface area contributed by atoms with Gasteiger partial charge < -0.3 is 39.5 Å². The fourth-order valence-electron chi connectivity index (χ4n) is 7.31. The lowest BCUT2D eigenvalue weighted by Gasteiger charge is -2.42. The molecule has 3 aliphatic heterocycles. The fourth-order valence-corrected chi connectivity index (χ4v) is 7.49. The van der Waals surface area contributed by atoms with Crippen LogP contribution in [0.5, 0.6) is 11.5 Å². The van der Waals surface area contributed by atoms with Gasteiger partial charge in [-0.25, -0.2) is 0 Å². The maximum absolute atomic E-state index is 13.8. The van der Waals surface area contributed by atoms with Crippen molar-refractivity contribution in [3.63, 3.8) is 0 Å². The molecule has 4 aliphatic rings. The van der Waals surface area contributed by atoms with Crippen molar-refractivity contribution < 1.29 is 34.0 Å². The standard InChI is InChI=1S/C38H43ClN4O7/c39-11-3-1-2-4-13-48-15-16-49-14-12-41-37(47)24-5-8-29-32(17-24)38(36(40)35(29)46)30-9-6-25(42-20-27(44)21-42)18-33(30)50-34-19-26(7-10-31(34)38)43-22-28(45)23-43/h5-10,17-19,27-28,40,44-45H,1-4,11-16,20-23H2,(H,41,47). The quantitative estimate of drug-likeness (QED) is 0.135. The Morgan fingerprint density at radius 2 is 1.42 bits per heavy atom. The van der Waals surface area contributed by atoms with Crippen LogP contribution in [0.25, 0.3) is 0 Å². The Bertz CT molecular complexity index is 1700. The number of carbonyl (C=O) groups is 2. The van der Waals surface area contributed by atoms with Gasteiger partial charge in [-0.05, 0) is 48.7 Å². The van der Waals surface area contributed by atoms with Crippen molar-refractivity contribution in [3.05, 3.63) is 82.4 Å². The molecule has 1 aliphatic carbocycles. The fraction of sp³-hybridized carbons (Fsp3) is 0.447. The first-order valence-electron chi connectivity index (χ1n) is 17.4. The number of nitrogens with zero attached hydrogens (tertiary/aromatic N) is 2. The van der Waals surface area contributed by atoms with E-state index in [-0.39, 0.29) is 11.6 Å². The number of halogens is 1. The van der Waals surface area contributed by atoms with Gasteiger partial charge in [0.15, 0.2) is 0 Å². The predicted octanol–water partition coefficient (Wildman–Crippen LogP) is 4.27. The number of rotatable bonds is 15. The van der Waals surface area contributed by atoms with Crippen LogP contribution >= 0.6 is 11.6 Å². The van der Waals surface area contributed by atoms with E-state index in [1.54, 1.807) is 18.2 Å². The Balaban J connectivity index is 1.11. The summed E-state index contributed by atoms with van der Waals surface area (Å²) in [6.07, 6.45) is 3.46. The van der Waals surface area contributed by atoms with E-state index < -0.39 is 23.4 Å². The lowest BCUT2D eigenvalue weighted by atomic mass is 9.67. The summed E-state index contributed by atoms with van der Waals surface area (Å²) in [6.45, 7) is 4.27. The number of benzene rings is 3. The number of hydrogen-bond donors (Lipinski definition) is 4. The lowest BCUT2D eigenvalue weighted by molar-refractivity contribution is 0.0468. The summed E-state index contributed by atoms with van der Waals surface area (Å²) in [7, 11) is 0. The maximum Gasteiger partial charge on any atom is 0.251 e. The first-order valence-corrected chi connectivity index (χ1v) is 18.0. The van der Waals surface area contributed by atoms with Crippen molar-refractivity contribution in [2.75, 3.05) is 74.8 Å². The first-order chi connectivity index (χ1) is 24.3. The van der Waals surface area contributed by atoms with Crippen LogP contribution in [0.3, 0.4) is 0 Å². The number of alkyl halides is 1. The largest absolute Gasteiger partial charge is 0.457 e. The van der Waals surface area contributed by atoms with Gasteiger partial charge in [-0.2, -0.15) is 0 Å². The zero-order valence-corrected chi connectivity index (χ0v) is 28.7. The van der Waals surface area contributed by atoms with E-state index in [0.29, 0.717) is 104 Å². The van der Waals surface area contributed by atoms with Crippen molar-refractivity contribution >= 4 is 40.4 Å². The van der Waals surface area contributed by atoms with Gasteiger partial charge in [-0.15, -0.1) is 11.6 Å². The molecule has 0 aromatic heterocycles. The second-order valence-electron chi connectivity index (χ2n) is 13.4. The molecule has 1 spiro atoms. The molecule has 264 valence electrons. The summed E-state index contributed by atoms with van der Waals surface area (Å²) in [5.74, 6) is 0.995. The number of aliphatic hydroxyl groups is 2. The van der Waals surface area contributed by atoms with Crippen LogP contribution in [-0.2, 0) is 14.9 Å². The molecular weight excluding hydrogens is 660 g/mol. The highest BCUT2D eigenvalue weighted by molar-refractivity contribution is 6.53. The third-order valence-corrected chi connectivity index (χ3v) is 10.3. The molecule has 1 amide bonds. The Morgan fingerprint density at radius 1 is 0.820 bits per heavy atom. The molecule has 0 bridgehead atoms. The summed E-state index contributed by atoms with van der Waals surface area (Å²) in [4.78, 5) is 31.3. The van der Waals surface area contributed by atoms with Crippen LogP contribution in [0, 0.1) is 5.41 Å². The van der Waals surface area contributed by atoms with Crippen LogP contribution in [0.2, 0.25) is 0 Å². The number of fused-ring (bicyclic) bond motifs is 6. The molecular formula is C38H43ClN4O7. The maximum atomic E-state index is 13.8. The molecule has 0 radical (unpaired) electrons. The van der Waals surface area contributed by atoms with Gasteiger partial charge in [0.2, 0.25) is 5.78 Å². The lowest BCUT2D eigenvalue weighted by Crippen LogP contribution is -2.51. The van der Waals surface area contributed by atoms with Gasteiger partial charge in [-0.3, -0.25) is 15.0 Å². The van der Waals surface area contributed by atoms with E-state index in [9.17, 15) is 25.2 Å². The van der Waals surface area contributed by atoms with Gasteiger partial charge in [0.1, 0.15) is 11.5 Å². The number of amides is 1. The second kappa shape index (κ2) is 14.7. The molecule has 12 heteroatoms. The second-order valence-corrected chi connectivity index (χ2v) is 13.8. The van der Waals surface area contributed by atoms with E-state index in [1.807, 2.05) is 46.2 Å². The van der Waals surface area contributed by atoms with Gasteiger partial charge >= 0.3 is 0 Å². The number of Topliss-reactive ketones (excluding diaryl/α,β-unsaturated/α-hetero) is 1. The average molecular weight is 703 g/mol. The molecule has 7 rings (SSSR count). The molecule has 3 heterocycles. The average Bonchev–Trinajstić information content (AvgIpc) is 3.31. The third-order valence-electron chi connectivity index (χ3n) is 10.0. The molecule has 4 N–H and O–H groups in total. The van der Waals surface area contributed by atoms with Crippen LogP contribution in [0.15, 0.2) is 54.6 Å². The van der Waals surface area contributed by atoms with Crippen molar-refractivity contribution in [2.45, 2.75) is 43.3 Å². The minimum absolute atomic E-state index is 0.110. The topological polar surface area (TPSA) is 145 Å². The van der Waals surface area contributed by atoms with Crippen molar-refractivity contribution in [1.82, 2.24) is 5.32 Å². The normalized spacial score (nSPS) is 17.6. The van der Waals surface area contributed by atoms with Gasteiger partial charge in [0.05, 0.1) is 43.2 Å². The molecule has 0 atom stereocenters. The number of aliphatic hydroxyl groups excluding tert-OH is 2. The number of carbonyl (C=O) groups excluding carboxylic acids is 2. The van der Waals surface area contributed by atoms with Crippen LogP contribution in [0.1, 0.15) is 63.1 Å². The highest BCUT2D eigenvalue weighted by Crippen LogP contribution is 2.57. The molecule has 3 aromatic carbocycles. The monoisotopic (exact) mass is 702 g/mol. The summed E-state index contributed by atoms with van der Waals surface area (Å²) in [5, 5.41) is 32.2. The highest BCUT2D eigenvalue weighted by Gasteiger charge is 2.56. The third kappa shape index (κ3) is 6.37. The summed E-state index contributed by atoms with van der Waals surface area (Å²) in [6, 6.07) is 16.4. The molecule has 0 unspecified atom stereocenters. The number of anilines is 2. The zero-order chi connectivity index (χ0) is 34.8. The van der Waals surface area contributed by atoms with Crippen molar-refractivity contribution in [2.24, 2.45) is 0 Å². The molecule has 0 saturated carbocycles. The van der Waals surface area contributed by atoms with Crippen molar-refractivity contribution in [1.29, 1.82) is 5.41 Å². The predicted molar refractivity (Wildman–Crippen MR) is 191 cm³/mol. The van der Waals surface area contributed by atoms with E-state index >= 15 is 0 Å². The van der Waals surface area contributed by atoms with E-state index in [2.05, 4.69) is 5.32 Å². The number of β-amino-alcohol motifs (C(OH)–C–C–N with tert-alkyl or cyclic N) is 2. The Hall–Kier alpha value is -4.00. The number of ketones is 1. The van der Waals surface area contributed by atoms with Gasteiger partial charge in [0, 0.05) is 91.0 Å². The zero-order valence-electron chi connectivity index (χ0n) is 28.0. The molecule has 11 nitrogen and oxygen atoms in total. The number of unbranched alkanes of at least 4 members (excludes halogenated alkanes) is 3. The van der Waals surface area contributed by atoms with Crippen LogP contribution < -0.4 is 19.9 Å². The summed E-state index contributed by atoms with van der Waals surface area (Å²) >= 11 is 5.71. The molecule has 2 saturated heterocycles. The van der Waals surface area contributed by atoms with E-state index in [1.165, 1.54) is 0 Å². The first kappa shape index (κ1) is 34.4. The Morgan fingerprint density at radius 3 is 2.02 bits per heavy atom. The molecule has 2 fully saturated rings. The SMILES string of the molecule is N=C1C(=O)c2ccc(C(=O)NCCOCCOCCCCCCCl)cc2C12c1ccc(N3CC(O)C3)cc1Oc1cc(N3CC(O)C3)ccc12. The van der Waals surface area contributed by atoms with Gasteiger partial charge in [-0.1, -0.05) is 25.0 Å². The number of ether oxygens (including phenoxy) is 3. The minimum Gasteiger partial charge on any atom is -0.457 e. The van der Waals surface area contributed by atoms with Crippen LogP contribution in [-0.4, -0.2) is 105 Å². The number of hydrogen-bond acceptors (Lipinski definition) is 10. The summed E-state index contributed by atoms with van der Waals surface area (Å²) in [5.41, 5.74) is 2.90. The molecule has 3 aromatic rings. The minimum atomic E-state index is -1.31.